The first kappa shape index (κ1) is 20.7. The van der Waals surface area contributed by atoms with E-state index in [-0.39, 0.29) is 15.9 Å². The molecule has 2 aromatic carbocycles. The van der Waals surface area contributed by atoms with Crippen LogP contribution >= 0.6 is 39.5 Å². The van der Waals surface area contributed by atoms with Gasteiger partial charge in [-0.05, 0) is 47.7 Å². The first-order valence-corrected chi connectivity index (χ1v) is 11.7. The molecule has 2 aromatic rings. The number of carbonyl (C=O) groups excluding carboxylic acids is 1. The molecule has 1 aliphatic rings. The van der Waals surface area contributed by atoms with Crippen LogP contribution in [-0.4, -0.2) is 24.6 Å². The number of benzene rings is 2. The van der Waals surface area contributed by atoms with E-state index in [2.05, 4.69) is 44.9 Å². The Morgan fingerprint density at radius 1 is 1.19 bits per heavy atom. The van der Waals surface area contributed by atoms with Crippen molar-refractivity contribution in [2.45, 2.75) is 29.8 Å². The van der Waals surface area contributed by atoms with Gasteiger partial charge in [0.1, 0.15) is 5.82 Å². The summed E-state index contributed by atoms with van der Waals surface area (Å²) in [6.07, 6.45) is 2.87. The van der Waals surface area contributed by atoms with E-state index in [9.17, 15) is 9.18 Å². The minimum atomic E-state index is -0.197. The lowest BCUT2D eigenvalue weighted by molar-refractivity contribution is -0.140. The van der Waals surface area contributed by atoms with E-state index in [0.29, 0.717) is 6.42 Å². The van der Waals surface area contributed by atoms with Gasteiger partial charge < -0.3 is 4.74 Å². The van der Waals surface area contributed by atoms with Gasteiger partial charge in [0.05, 0.1) is 11.2 Å². The number of thioether (sulfide) groups is 2. The molecule has 1 saturated heterocycles. The van der Waals surface area contributed by atoms with Gasteiger partial charge in [-0.15, -0.1) is 23.5 Å². The summed E-state index contributed by atoms with van der Waals surface area (Å²) in [6.45, 7) is 0. The molecule has 6 heteroatoms. The van der Waals surface area contributed by atoms with Crippen molar-refractivity contribution in [2.24, 2.45) is 0 Å². The lowest BCUT2D eigenvalue weighted by Gasteiger charge is -2.29. The third kappa shape index (κ3) is 5.30. The number of hydrogen-bond donors (Lipinski definition) is 0. The van der Waals surface area contributed by atoms with Gasteiger partial charge in [0.25, 0.3) is 0 Å². The second-order valence-corrected chi connectivity index (χ2v) is 10.4. The average molecular weight is 469 g/mol. The fourth-order valence-corrected chi connectivity index (χ4v) is 6.89. The van der Waals surface area contributed by atoms with E-state index in [0.717, 1.165) is 40.8 Å². The van der Waals surface area contributed by atoms with Crippen molar-refractivity contribution in [3.05, 3.63) is 69.4 Å². The second kappa shape index (κ2) is 9.48. The van der Waals surface area contributed by atoms with Crippen LogP contribution in [0.15, 0.2) is 46.9 Å². The average Bonchev–Trinajstić information content (AvgIpc) is 3.15. The molecule has 27 heavy (non-hydrogen) atoms. The Hall–Kier alpha value is -0.980. The summed E-state index contributed by atoms with van der Waals surface area (Å²) in [5.74, 6) is 1.83. The summed E-state index contributed by atoms with van der Waals surface area (Å²) < 4.78 is 19.3. The molecule has 0 aromatic heterocycles. The Kier molecular flexibility index (Phi) is 7.29. The van der Waals surface area contributed by atoms with Crippen LogP contribution in [0.3, 0.4) is 0 Å². The highest BCUT2D eigenvalue weighted by atomic mass is 79.9. The minimum absolute atomic E-state index is 0.0825. The summed E-state index contributed by atoms with van der Waals surface area (Å²) in [6, 6.07) is 13.6. The van der Waals surface area contributed by atoms with Crippen LogP contribution in [0.25, 0.3) is 0 Å². The van der Waals surface area contributed by atoms with E-state index in [1.165, 1.54) is 24.3 Å². The standard InChI is InChI=1S/C21H22BrFO2S2/c1-25-20(24)4-2-3-15-5-7-17(8-6-15)21(26-11-12-27-21)14-16-13-18(23)9-10-19(16)22/h5-10,13H,2-4,11-12,14H2,1H3. The maximum Gasteiger partial charge on any atom is 0.305 e. The Labute approximate surface area is 176 Å². The molecule has 0 spiro atoms. The Morgan fingerprint density at radius 3 is 2.56 bits per heavy atom. The zero-order valence-corrected chi connectivity index (χ0v) is 18.4. The molecule has 1 heterocycles. The van der Waals surface area contributed by atoms with Gasteiger partial charge in [0.15, 0.2) is 0 Å². The van der Waals surface area contributed by atoms with Crippen LogP contribution in [-0.2, 0) is 26.5 Å². The molecule has 2 nitrogen and oxygen atoms in total. The molecule has 0 radical (unpaired) electrons. The van der Waals surface area contributed by atoms with Gasteiger partial charge in [-0.1, -0.05) is 40.2 Å². The number of carbonyl (C=O) groups is 1. The number of hydrogen-bond acceptors (Lipinski definition) is 4. The topological polar surface area (TPSA) is 26.3 Å². The fraction of sp³-hybridized carbons (Fsp3) is 0.381. The number of ether oxygens (including phenoxy) is 1. The van der Waals surface area contributed by atoms with Crippen molar-refractivity contribution >= 4 is 45.4 Å². The molecular weight excluding hydrogens is 447 g/mol. The van der Waals surface area contributed by atoms with Crippen molar-refractivity contribution in [3.63, 3.8) is 0 Å². The van der Waals surface area contributed by atoms with Crippen LogP contribution in [0.2, 0.25) is 0 Å². The monoisotopic (exact) mass is 468 g/mol. The third-order valence-electron chi connectivity index (χ3n) is 4.65. The summed E-state index contributed by atoms with van der Waals surface area (Å²) >= 11 is 7.45. The van der Waals surface area contributed by atoms with Gasteiger partial charge in [-0.25, -0.2) is 4.39 Å². The summed E-state index contributed by atoms with van der Waals surface area (Å²) in [5.41, 5.74) is 3.49. The molecule has 0 atom stereocenters. The highest BCUT2D eigenvalue weighted by Gasteiger charge is 2.38. The van der Waals surface area contributed by atoms with E-state index in [4.69, 9.17) is 0 Å². The second-order valence-electron chi connectivity index (χ2n) is 6.49. The molecule has 0 saturated carbocycles. The predicted molar refractivity (Wildman–Crippen MR) is 116 cm³/mol. The van der Waals surface area contributed by atoms with Gasteiger partial charge in [0, 0.05) is 28.8 Å². The molecule has 0 N–H and O–H groups in total. The van der Waals surface area contributed by atoms with Crippen LogP contribution in [0, 0.1) is 5.82 Å². The molecule has 0 unspecified atom stereocenters. The van der Waals surface area contributed by atoms with Gasteiger partial charge in [-0.2, -0.15) is 0 Å². The Morgan fingerprint density at radius 2 is 1.89 bits per heavy atom. The normalized spacial score (nSPS) is 15.7. The van der Waals surface area contributed by atoms with Crippen molar-refractivity contribution in [2.75, 3.05) is 18.6 Å². The molecule has 3 rings (SSSR count). The number of rotatable bonds is 7. The maximum atomic E-state index is 13.7. The molecule has 1 aliphatic heterocycles. The minimum Gasteiger partial charge on any atom is -0.469 e. The third-order valence-corrected chi connectivity index (χ3v) is 8.90. The van der Waals surface area contributed by atoms with Crippen molar-refractivity contribution < 1.29 is 13.9 Å². The lowest BCUT2D eigenvalue weighted by atomic mass is 10.00. The van der Waals surface area contributed by atoms with Crippen LogP contribution in [0.5, 0.6) is 0 Å². The van der Waals surface area contributed by atoms with Gasteiger partial charge in [0.2, 0.25) is 0 Å². The lowest BCUT2D eigenvalue weighted by Crippen LogP contribution is -2.18. The quantitative estimate of drug-likeness (QED) is 0.468. The first-order chi connectivity index (χ1) is 13.0. The molecule has 144 valence electrons. The van der Waals surface area contributed by atoms with Crippen molar-refractivity contribution in [1.29, 1.82) is 0 Å². The largest absolute Gasteiger partial charge is 0.469 e. The summed E-state index contributed by atoms with van der Waals surface area (Å²) in [5, 5.41) is 0. The highest BCUT2D eigenvalue weighted by Crippen LogP contribution is 2.54. The van der Waals surface area contributed by atoms with Crippen LogP contribution < -0.4 is 0 Å². The smallest absolute Gasteiger partial charge is 0.305 e. The maximum absolute atomic E-state index is 13.7. The van der Waals surface area contributed by atoms with E-state index < -0.39 is 0 Å². The zero-order chi connectivity index (χ0) is 19.3. The molecule has 0 aliphatic carbocycles. The SMILES string of the molecule is COC(=O)CCCc1ccc(C2(Cc3cc(F)ccc3Br)SCCS2)cc1. The number of aryl methyl sites for hydroxylation is 1. The summed E-state index contributed by atoms with van der Waals surface area (Å²) in [4.78, 5) is 11.2. The van der Waals surface area contributed by atoms with Crippen molar-refractivity contribution in [3.8, 4) is 0 Å². The van der Waals surface area contributed by atoms with Crippen molar-refractivity contribution in [1.82, 2.24) is 0 Å². The Balaban J connectivity index is 1.74. The summed E-state index contributed by atoms with van der Waals surface area (Å²) in [7, 11) is 1.42. The fourth-order valence-electron chi connectivity index (χ4n) is 3.22. The Bertz CT molecular complexity index is 789. The van der Waals surface area contributed by atoms with Crippen LogP contribution in [0.1, 0.15) is 29.5 Å². The van der Waals surface area contributed by atoms with Crippen LogP contribution in [0.4, 0.5) is 4.39 Å². The number of halogens is 2. The first-order valence-electron chi connectivity index (χ1n) is 8.90. The molecule has 0 bridgehead atoms. The molecule has 0 amide bonds. The number of methoxy groups -OCH3 is 1. The molecule has 1 fully saturated rings. The van der Waals surface area contributed by atoms with Gasteiger partial charge >= 0.3 is 5.97 Å². The molecular formula is C21H22BrFO2S2. The van der Waals surface area contributed by atoms with E-state index in [1.54, 1.807) is 12.1 Å². The van der Waals surface area contributed by atoms with E-state index >= 15 is 0 Å². The number of esters is 1. The predicted octanol–water partition coefficient (Wildman–Crippen LogP) is 5.96. The highest BCUT2D eigenvalue weighted by molar-refractivity contribution is 9.10. The van der Waals surface area contributed by atoms with E-state index in [1.807, 2.05) is 23.5 Å². The zero-order valence-electron chi connectivity index (χ0n) is 15.2. The van der Waals surface area contributed by atoms with Gasteiger partial charge in [-0.3, -0.25) is 4.79 Å².